The molecule has 0 bridgehead atoms. The van der Waals surface area contributed by atoms with E-state index in [1.165, 1.54) is 0 Å². The molecule has 0 aliphatic rings. The molecule has 1 heterocycles. The van der Waals surface area contributed by atoms with Crippen molar-refractivity contribution in [1.82, 2.24) is 0 Å². The maximum atomic E-state index is 5.56. The Labute approximate surface area is 76.0 Å². The van der Waals surface area contributed by atoms with Gasteiger partial charge in [-0.15, -0.1) is 0 Å². The number of nitrogen functional groups attached to an aromatic ring is 2. The zero-order chi connectivity index (χ0) is 9.26. The number of furan rings is 1. The number of rotatable bonds is 1. The molecular formula is C10H10N2O. The van der Waals surface area contributed by atoms with Crippen LogP contribution in [0.4, 0.5) is 11.6 Å². The first kappa shape index (κ1) is 7.73. The highest BCUT2D eigenvalue weighted by atomic mass is 16.3. The average molecular weight is 174 g/mol. The number of anilines is 2. The van der Waals surface area contributed by atoms with Crippen molar-refractivity contribution in [1.29, 1.82) is 0 Å². The molecule has 0 fully saturated rings. The first-order valence-electron chi connectivity index (χ1n) is 3.95. The summed E-state index contributed by atoms with van der Waals surface area (Å²) in [6.45, 7) is 0. The lowest BCUT2D eigenvalue weighted by molar-refractivity contribution is 0.588. The lowest BCUT2D eigenvalue weighted by atomic mass is 10.1. The van der Waals surface area contributed by atoms with Crippen molar-refractivity contribution < 1.29 is 4.42 Å². The smallest absolute Gasteiger partial charge is 0.190 e. The quantitative estimate of drug-likeness (QED) is 0.651. The highest BCUT2D eigenvalue weighted by molar-refractivity contribution is 5.66. The minimum atomic E-state index is 0.423. The van der Waals surface area contributed by atoms with Crippen molar-refractivity contribution in [3.05, 3.63) is 36.6 Å². The molecule has 2 aromatic rings. The Balaban J connectivity index is 2.41. The number of benzene rings is 1. The third-order valence-corrected chi connectivity index (χ3v) is 1.86. The van der Waals surface area contributed by atoms with Crippen LogP contribution in [0, 0.1) is 0 Å². The standard InChI is InChI=1S/C10H10N2O/c11-9-3-1-7(2-4-9)8-5-10(12)13-6-8/h1-6H,11-12H2. The van der Waals surface area contributed by atoms with Crippen molar-refractivity contribution in [2.75, 3.05) is 11.5 Å². The van der Waals surface area contributed by atoms with Gasteiger partial charge in [0, 0.05) is 17.3 Å². The van der Waals surface area contributed by atoms with Crippen LogP contribution in [-0.4, -0.2) is 0 Å². The van der Waals surface area contributed by atoms with Gasteiger partial charge in [0.05, 0.1) is 0 Å². The normalized spacial score (nSPS) is 10.2. The molecule has 66 valence electrons. The van der Waals surface area contributed by atoms with E-state index in [-0.39, 0.29) is 0 Å². The second-order valence-electron chi connectivity index (χ2n) is 2.86. The van der Waals surface area contributed by atoms with E-state index in [0.717, 1.165) is 16.8 Å². The van der Waals surface area contributed by atoms with E-state index >= 15 is 0 Å². The summed E-state index contributed by atoms with van der Waals surface area (Å²) in [6, 6.07) is 9.34. The topological polar surface area (TPSA) is 65.2 Å². The molecule has 0 radical (unpaired) electrons. The first-order chi connectivity index (χ1) is 6.25. The van der Waals surface area contributed by atoms with Crippen LogP contribution < -0.4 is 11.5 Å². The monoisotopic (exact) mass is 174 g/mol. The average Bonchev–Trinajstić information content (AvgIpc) is 2.53. The van der Waals surface area contributed by atoms with Gasteiger partial charge in [0.1, 0.15) is 6.26 Å². The number of nitrogens with two attached hydrogens (primary N) is 2. The molecule has 0 saturated heterocycles. The van der Waals surface area contributed by atoms with E-state index in [1.807, 2.05) is 24.3 Å². The summed E-state index contributed by atoms with van der Waals surface area (Å²) < 4.78 is 5.00. The van der Waals surface area contributed by atoms with Gasteiger partial charge in [-0.05, 0) is 17.7 Å². The van der Waals surface area contributed by atoms with Crippen LogP contribution in [0.2, 0.25) is 0 Å². The van der Waals surface area contributed by atoms with Gasteiger partial charge in [0.2, 0.25) is 0 Å². The predicted molar refractivity (Wildman–Crippen MR) is 53.0 cm³/mol. The molecule has 0 aliphatic carbocycles. The summed E-state index contributed by atoms with van der Waals surface area (Å²) >= 11 is 0. The fraction of sp³-hybridized carbons (Fsp3) is 0. The van der Waals surface area contributed by atoms with Crippen LogP contribution in [0.3, 0.4) is 0 Å². The zero-order valence-electron chi connectivity index (χ0n) is 7.03. The van der Waals surface area contributed by atoms with Gasteiger partial charge in [0.15, 0.2) is 5.88 Å². The molecule has 0 unspecified atom stereocenters. The molecule has 3 heteroatoms. The molecule has 3 nitrogen and oxygen atoms in total. The molecule has 1 aromatic heterocycles. The van der Waals surface area contributed by atoms with Crippen LogP contribution in [0.5, 0.6) is 0 Å². The van der Waals surface area contributed by atoms with Crippen LogP contribution in [-0.2, 0) is 0 Å². The summed E-state index contributed by atoms with van der Waals surface area (Å²) in [5.74, 6) is 0.423. The fourth-order valence-corrected chi connectivity index (χ4v) is 1.18. The van der Waals surface area contributed by atoms with Crippen molar-refractivity contribution in [2.24, 2.45) is 0 Å². The van der Waals surface area contributed by atoms with Crippen LogP contribution in [0.1, 0.15) is 0 Å². The Morgan fingerprint density at radius 3 is 2.15 bits per heavy atom. The van der Waals surface area contributed by atoms with E-state index in [0.29, 0.717) is 5.88 Å². The molecule has 0 atom stereocenters. The summed E-state index contributed by atoms with van der Waals surface area (Å²) in [6.07, 6.45) is 1.63. The second kappa shape index (κ2) is 2.86. The fourth-order valence-electron chi connectivity index (χ4n) is 1.18. The molecule has 0 spiro atoms. The summed E-state index contributed by atoms with van der Waals surface area (Å²) in [5, 5.41) is 0. The zero-order valence-corrected chi connectivity index (χ0v) is 7.03. The SMILES string of the molecule is Nc1ccc(-c2coc(N)c2)cc1. The van der Waals surface area contributed by atoms with Gasteiger partial charge in [-0.2, -0.15) is 0 Å². The predicted octanol–water partition coefficient (Wildman–Crippen LogP) is 2.11. The molecular weight excluding hydrogens is 164 g/mol. The Bertz CT molecular complexity index is 403. The van der Waals surface area contributed by atoms with Crippen molar-refractivity contribution in [3.63, 3.8) is 0 Å². The van der Waals surface area contributed by atoms with Gasteiger partial charge in [-0.3, -0.25) is 0 Å². The number of hydrogen-bond donors (Lipinski definition) is 2. The van der Waals surface area contributed by atoms with Gasteiger partial charge in [0.25, 0.3) is 0 Å². The minimum Gasteiger partial charge on any atom is -0.449 e. The van der Waals surface area contributed by atoms with Gasteiger partial charge >= 0.3 is 0 Å². The van der Waals surface area contributed by atoms with Crippen molar-refractivity contribution in [2.45, 2.75) is 0 Å². The molecule has 0 aliphatic heterocycles. The first-order valence-corrected chi connectivity index (χ1v) is 3.95. The highest BCUT2D eigenvalue weighted by Gasteiger charge is 2.00. The largest absolute Gasteiger partial charge is 0.449 e. The van der Waals surface area contributed by atoms with E-state index in [1.54, 1.807) is 12.3 Å². The molecule has 13 heavy (non-hydrogen) atoms. The van der Waals surface area contributed by atoms with Gasteiger partial charge < -0.3 is 15.9 Å². The maximum absolute atomic E-state index is 5.56. The molecule has 4 N–H and O–H groups in total. The van der Waals surface area contributed by atoms with E-state index in [2.05, 4.69) is 0 Å². The molecule has 2 rings (SSSR count). The Morgan fingerprint density at radius 1 is 0.923 bits per heavy atom. The van der Waals surface area contributed by atoms with Crippen LogP contribution in [0.25, 0.3) is 11.1 Å². The van der Waals surface area contributed by atoms with E-state index < -0.39 is 0 Å². The van der Waals surface area contributed by atoms with Crippen LogP contribution >= 0.6 is 0 Å². The summed E-state index contributed by atoms with van der Waals surface area (Å²) in [5.41, 5.74) is 13.8. The van der Waals surface area contributed by atoms with Crippen molar-refractivity contribution >= 4 is 11.6 Å². The second-order valence-corrected chi connectivity index (χ2v) is 2.86. The summed E-state index contributed by atoms with van der Waals surface area (Å²) in [4.78, 5) is 0. The summed E-state index contributed by atoms with van der Waals surface area (Å²) in [7, 11) is 0. The Kier molecular flexibility index (Phi) is 1.70. The lowest BCUT2D eigenvalue weighted by Crippen LogP contribution is -1.82. The van der Waals surface area contributed by atoms with E-state index in [9.17, 15) is 0 Å². The minimum absolute atomic E-state index is 0.423. The number of hydrogen-bond acceptors (Lipinski definition) is 3. The van der Waals surface area contributed by atoms with Gasteiger partial charge in [-0.25, -0.2) is 0 Å². The van der Waals surface area contributed by atoms with Gasteiger partial charge in [-0.1, -0.05) is 12.1 Å². The molecule has 0 saturated carbocycles. The van der Waals surface area contributed by atoms with Crippen molar-refractivity contribution in [3.8, 4) is 11.1 Å². The Hall–Kier alpha value is -1.90. The Morgan fingerprint density at radius 2 is 1.62 bits per heavy atom. The maximum Gasteiger partial charge on any atom is 0.190 e. The highest BCUT2D eigenvalue weighted by Crippen LogP contribution is 2.23. The third-order valence-electron chi connectivity index (χ3n) is 1.86. The third kappa shape index (κ3) is 1.49. The molecule has 1 aromatic carbocycles. The lowest BCUT2D eigenvalue weighted by Gasteiger charge is -1.96. The van der Waals surface area contributed by atoms with Crippen LogP contribution in [0.15, 0.2) is 41.0 Å². The molecule has 0 amide bonds. The van der Waals surface area contributed by atoms with E-state index in [4.69, 9.17) is 15.9 Å².